The van der Waals surface area contributed by atoms with E-state index in [1.807, 2.05) is 0 Å². The zero-order chi connectivity index (χ0) is 11.5. The minimum atomic E-state index is 0.102. The molecule has 1 saturated carbocycles. The fourth-order valence-electron chi connectivity index (χ4n) is 2.39. The molecule has 0 amide bonds. The van der Waals surface area contributed by atoms with Crippen LogP contribution in [0.3, 0.4) is 0 Å². The second kappa shape index (κ2) is 10.1. The van der Waals surface area contributed by atoms with E-state index >= 15 is 0 Å². The van der Waals surface area contributed by atoms with Crippen LogP contribution in [-0.2, 0) is 9.84 Å². The highest BCUT2D eigenvalue weighted by Gasteiger charge is 2.12. The summed E-state index contributed by atoms with van der Waals surface area (Å²) in [6.45, 7) is 1.05. The molecule has 1 radical (unpaired) electrons. The summed E-state index contributed by atoms with van der Waals surface area (Å²) < 4.78 is 5.86. The van der Waals surface area contributed by atoms with Gasteiger partial charge in [-0.05, 0) is 25.7 Å². The van der Waals surface area contributed by atoms with Crippen LogP contribution in [0.1, 0.15) is 70.6 Å². The van der Waals surface area contributed by atoms with Gasteiger partial charge in [0.15, 0.2) is 0 Å². The number of unbranched alkanes of at least 4 members (excludes halogenated alkanes) is 5. The zero-order valence-electron chi connectivity index (χ0n) is 10.6. The van der Waals surface area contributed by atoms with Gasteiger partial charge in [0, 0.05) is 6.61 Å². The van der Waals surface area contributed by atoms with Gasteiger partial charge in [0.1, 0.15) is 0 Å². The maximum atomic E-state index is 10.2. The second-order valence-electron chi connectivity index (χ2n) is 4.96. The average molecular weight is 227 g/mol. The predicted octanol–water partition coefficient (Wildman–Crippen LogP) is 4.11. The molecule has 1 fully saturated rings. The van der Waals surface area contributed by atoms with Crippen LogP contribution in [0.5, 0.6) is 0 Å². The largest absolute Gasteiger partial charge is 0.378 e. The third kappa shape index (κ3) is 7.24. The van der Waals surface area contributed by atoms with Crippen LogP contribution in [-0.4, -0.2) is 19.3 Å². The van der Waals surface area contributed by atoms with Crippen molar-refractivity contribution in [1.29, 1.82) is 0 Å². The van der Waals surface area contributed by atoms with E-state index in [0.717, 1.165) is 19.4 Å². The molecule has 1 aliphatic rings. The van der Waals surface area contributed by atoms with E-state index in [-0.39, 0.29) is 6.61 Å². The molecule has 0 heterocycles. The highest BCUT2D eigenvalue weighted by atomic mass is 16.5. The molecule has 1 rings (SSSR count). The fraction of sp³-hybridized carbons (Fsp3) is 1.00. The lowest BCUT2D eigenvalue weighted by Gasteiger charge is -2.21. The van der Waals surface area contributed by atoms with Gasteiger partial charge in [0.2, 0.25) is 0 Å². The Hall–Kier alpha value is -0.0800. The summed E-state index contributed by atoms with van der Waals surface area (Å²) in [5, 5.41) is 10.2. The van der Waals surface area contributed by atoms with Crippen molar-refractivity contribution in [2.75, 3.05) is 13.2 Å². The summed E-state index contributed by atoms with van der Waals surface area (Å²) in [5.74, 6) is 0. The Balaban J connectivity index is 1.77. The van der Waals surface area contributed by atoms with E-state index in [1.54, 1.807) is 0 Å². The molecule has 16 heavy (non-hydrogen) atoms. The van der Waals surface area contributed by atoms with E-state index in [9.17, 15) is 5.11 Å². The first kappa shape index (κ1) is 14.0. The smallest absolute Gasteiger partial charge is 0.0822 e. The summed E-state index contributed by atoms with van der Waals surface area (Å²) in [4.78, 5) is 0. The van der Waals surface area contributed by atoms with Crippen LogP contribution >= 0.6 is 0 Å². The van der Waals surface area contributed by atoms with Crippen LogP contribution in [0.15, 0.2) is 0 Å². The van der Waals surface area contributed by atoms with Crippen LogP contribution in [0, 0.1) is 0 Å². The minimum Gasteiger partial charge on any atom is -0.378 e. The Morgan fingerprint density at radius 1 is 0.812 bits per heavy atom. The molecule has 1 aliphatic carbocycles. The normalized spacial score (nSPS) is 17.8. The van der Waals surface area contributed by atoms with Crippen molar-refractivity contribution in [2.24, 2.45) is 0 Å². The highest BCUT2D eigenvalue weighted by molar-refractivity contribution is 4.64. The third-order valence-electron chi connectivity index (χ3n) is 3.44. The van der Waals surface area contributed by atoms with Gasteiger partial charge in [-0.1, -0.05) is 44.9 Å². The molecular formula is C14H27O2. The van der Waals surface area contributed by atoms with E-state index in [1.165, 1.54) is 57.8 Å². The maximum Gasteiger partial charge on any atom is 0.0822 e. The van der Waals surface area contributed by atoms with E-state index < -0.39 is 0 Å². The summed E-state index contributed by atoms with van der Waals surface area (Å²) in [7, 11) is 0. The van der Waals surface area contributed by atoms with E-state index in [0.29, 0.717) is 6.10 Å². The van der Waals surface area contributed by atoms with Gasteiger partial charge in [-0.3, -0.25) is 0 Å². The fourth-order valence-corrected chi connectivity index (χ4v) is 2.39. The quantitative estimate of drug-likeness (QED) is 0.545. The first-order valence-electron chi connectivity index (χ1n) is 7.13. The number of rotatable bonds is 9. The van der Waals surface area contributed by atoms with Gasteiger partial charge < -0.3 is 4.74 Å². The highest BCUT2D eigenvalue weighted by Crippen LogP contribution is 2.20. The number of hydrogen-bond acceptors (Lipinski definition) is 1. The molecule has 0 bridgehead atoms. The number of hydrogen-bond donors (Lipinski definition) is 0. The minimum absolute atomic E-state index is 0.102. The molecule has 2 nitrogen and oxygen atoms in total. The lowest BCUT2D eigenvalue weighted by Crippen LogP contribution is -2.17. The summed E-state index contributed by atoms with van der Waals surface area (Å²) >= 11 is 0. The van der Waals surface area contributed by atoms with E-state index in [4.69, 9.17) is 4.74 Å². The molecule has 2 heteroatoms. The van der Waals surface area contributed by atoms with Gasteiger partial charge in [-0.25, -0.2) is 5.11 Å². The standard InChI is InChI=1S/C14H27O2/c15-12-8-3-1-2-4-9-13-16-14-10-6-5-7-11-14/h14H,1-13H2. The van der Waals surface area contributed by atoms with Crippen molar-refractivity contribution in [2.45, 2.75) is 76.7 Å². The molecule has 0 N–H and O–H groups in total. The lowest BCUT2D eigenvalue weighted by molar-refractivity contribution is 0.0262. The molecule has 0 spiro atoms. The van der Waals surface area contributed by atoms with Gasteiger partial charge in [-0.15, -0.1) is 0 Å². The van der Waals surface area contributed by atoms with Crippen LogP contribution in [0.25, 0.3) is 0 Å². The SMILES string of the molecule is [O]CCCCCCCCOC1CCCCC1. The maximum absolute atomic E-state index is 10.2. The molecular weight excluding hydrogens is 200 g/mol. The molecule has 0 unspecified atom stereocenters. The van der Waals surface area contributed by atoms with Crippen LogP contribution in [0.4, 0.5) is 0 Å². The van der Waals surface area contributed by atoms with Gasteiger partial charge in [0.25, 0.3) is 0 Å². The molecule has 0 aromatic rings. The van der Waals surface area contributed by atoms with Crippen molar-refractivity contribution in [3.63, 3.8) is 0 Å². The Bertz CT molecular complexity index is 142. The van der Waals surface area contributed by atoms with Crippen LogP contribution < -0.4 is 0 Å². The van der Waals surface area contributed by atoms with Gasteiger partial charge in [-0.2, -0.15) is 0 Å². The van der Waals surface area contributed by atoms with E-state index in [2.05, 4.69) is 0 Å². The third-order valence-corrected chi connectivity index (χ3v) is 3.44. The van der Waals surface area contributed by atoms with Crippen molar-refractivity contribution < 1.29 is 9.84 Å². The van der Waals surface area contributed by atoms with Crippen molar-refractivity contribution >= 4 is 0 Å². The van der Waals surface area contributed by atoms with Crippen LogP contribution in [0.2, 0.25) is 0 Å². The summed E-state index contributed by atoms with van der Waals surface area (Å²) in [6.07, 6.45) is 14.2. The van der Waals surface area contributed by atoms with Crippen molar-refractivity contribution in [3.05, 3.63) is 0 Å². The number of ether oxygens (including phenoxy) is 1. The second-order valence-corrected chi connectivity index (χ2v) is 4.96. The predicted molar refractivity (Wildman–Crippen MR) is 66.1 cm³/mol. The molecule has 0 aromatic heterocycles. The monoisotopic (exact) mass is 227 g/mol. The Kier molecular flexibility index (Phi) is 8.83. The molecule has 95 valence electrons. The summed E-state index contributed by atoms with van der Waals surface area (Å²) in [5.41, 5.74) is 0. The van der Waals surface area contributed by atoms with Crippen molar-refractivity contribution in [1.82, 2.24) is 0 Å². The zero-order valence-corrected chi connectivity index (χ0v) is 10.6. The first-order valence-corrected chi connectivity index (χ1v) is 7.13. The lowest BCUT2D eigenvalue weighted by atomic mass is 9.98. The van der Waals surface area contributed by atoms with Gasteiger partial charge in [0.05, 0.1) is 12.7 Å². The van der Waals surface area contributed by atoms with Gasteiger partial charge >= 0.3 is 0 Å². The van der Waals surface area contributed by atoms with Crippen molar-refractivity contribution in [3.8, 4) is 0 Å². The molecule has 0 saturated heterocycles. The molecule has 0 aliphatic heterocycles. The first-order chi connectivity index (χ1) is 7.93. The average Bonchev–Trinajstić information content (AvgIpc) is 2.34. The topological polar surface area (TPSA) is 29.1 Å². The molecule has 0 aromatic carbocycles. The Morgan fingerprint density at radius 2 is 1.44 bits per heavy atom. The Morgan fingerprint density at radius 3 is 2.12 bits per heavy atom. The molecule has 0 atom stereocenters. The summed E-state index contributed by atoms with van der Waals surface area (Å²) in [6, 6.07) is 0. The Labute approximate surface area is 100 Å².